The van der Waals surface area contributed by atoms with E-state index >= 15 is 0 Å². The summed E-state index contributed by atoms with van der Waals surface area (Å²) < 4.78 is 16.8. The van der Waals surface area contributed by atoms with Crippen LogP contribution in [0.3, 0.4) is 0 Å². The maximum Gasteiger partial charge on any atom is 0.256 e. The van der Waals surface area contributed by atoms with E-state index in [1.54, 1.807) is 32.4 Å². The molecule has 4 aromatic carbocycles. The number of aromatic nitrogens is 1. The predicted molar refractivity (Wildman–Crippen MR) is 160 cm³/mol. The zero-order chi connectivity index (χ0) is 28.2. The van der Waals surface area contributed by atoms with Crippen LogP contribution >= 0.6 is 0 Å². The van der Waals surface area contributed by atoms with Gasteiger partial charge in [-0.2, -0.15) is 0 Å². The number of rotatable bonds is 8. The monoisotopic (exact) mass is 532 g/mol. The van der Waals surface area contributed by atoms with Crippen molar-refractivity contribution in [3.63, 3.8) is 0 Å². The lowest BCUT2D eigenvalue weighted by atomic mass is 9.94. The minimum atomic E-state index is -0.234. The second-order valence-electron chi connectivity index (χ2n) is 9.76. The Bertz CT molecular complexity index is 1680. The van der Waals surface area contributed by atoms with Gasteiger partial charge in [-0.05, 0) is 79.9 Å². The topological polar surface area (TPSA) is 69.7 Å². The van der Waals surface area contributed by atoms with Crippen molar-refractivity contribution in [2.45, 2.75) is 27.4 Å². The molecule has 0 saturated carbocycles. The van der Waals surface area contributed by atoms with Crippen molar-refractivity contribution >= 4 is 22.5 Å². The van der Waals surface area contributed by atoms with Crippen molar-refractivity contribution in [3.8, 4) is 28.5 Å². The molecule has 0 radical (unpaired) electrons. The molecule has 0 saturated heterocycles. The van der Waals surface area contributed by atoms with E-state index in [-0.39, 0.29) is 5.91 Å². The Labute approximate surface area is 234 Å². The lowest BCUT2D eigenvalue weighted by Gasteiger charge is -2.18. The lowest BCUT2D eigenvalue weighted by molar-refractivity contribution is 0.102. The standard InChI is InChI=1S/C34H32N2O4/c1-21-17-22(2)32-28(18-21)31(34(37)35-29-16-15-27(38-4)19-30(29)39-5)23(3)33(36-32)25-11-13-26(14-12-25)40-20-24-9-7-6-8-10-24/h6-19H,20H2,1-5H3,(H,35,37). The number of fused-ring (bicyclic) bond motifs is 1. The largest absolute Gasteiger partial charge is 0.497 e. The average Bonchev–Trinajstić information content (AvgIpc) is 2.96. The molecule has 1 heterocycles. The first-order valence-corrected chi connectivity index (χ1v) is 13.1. The van der Waals surface area contributed by atoms with Gasteiger partial charge in [-0.1, -0.05) is 42.0 Å². The van der Waals surface area contributed by atoms with Crippen LogP contribution in [0.2, 0.25) is 0 Å². The molecule has 0 aliphatic carbocycles. The van der Waals surface area contributed by atoms with Gasteiger partial charge in [-0.25, -0.2) is 4.98 Å². The summed E-state index contributed by atoms with van der Waals surface area (Å²) in [5.41, 5.74) is 7.56. The number of hydrogen-bond donors (Lipinski definition) is 1. The molecule has 5 aromatic rings. The minimum Gasteiger partial charge on any atom is -0.497 e. The van der Waals surface area contributed by atoms with Crippen molar-refractivity contribution < 1.29 is 19.0 Å². The predicted octanol–water partition coefficient (Wildman–Crippen LogP) is 7.68. The van der Waals surface area contributed by atoms with Crippen LogP contribution < -0.4 is 19.5 Å². The number of methoxy groups -OCH3 is 2. The number of ether oxygens (including phenoxy) is 3. The number of pyridine rings is 1. The molecular weight excluding hydrogens is 500 g/mol. The normalized spacial score (nSPS) is 10.8. The van der Waals surface area contributed by atoms with Gasteiger partial charge in [0.2, 0.25) is 0 Å². The highest BCUT2D eigenvalue weighted by Crippen LogP contribution is 2.35. The average molecular weight is 533 g/mol. The number of aryl methyl sites for hydroxylation is 2. The lowest BCUT2D eigenvalue weighted by Crippen LogP contribution is -2.16. The smallest absolute Gasteiger partial charge is 0.256 e. The van der Waals surface area contributed by atoms with Crippen LogP contribution in [-0.2, 0) is 6.61 Å². The molecule has 5 rings (SSSR count). The fourth-order valence-corrected chi connectivity index (χ4v) is 4.93. The van der Waals surface area contributed by atoms with Gasteiger partial charge >= 0.3 is 0 Å². The number of nitrogens with one attached hydrogen (secondary N) is 1. The van der Waals surface area contributed by atoms with Crippen LogP contribution in [-0.4, -0.2) is 25.1 Å². The van der Waals surface area contributed by atoms with E-state index in [1.165, 1.54) is 0 Å². The Balaban J connectivity index is 1.54. The van der Waals surface area contributed by atoms with Gasteiger partial charge < -0.3 is 19.5 Å². The maximum absolute atomic E-state index is 13.9. The minimum absolute atomic E-state index is 0.234. The third-order valence-electron chi connectivity index (χ3n) is 6.93. The first-order valence-electron chi connectivity index (χ1n) is 13.1. The molecule has 0 atom stereocenters. The Hall–Kier alpha value is -4.84. The van der Waals surface area contributed by atoms with E-state index in [4.69, 9.17) is 19.2 Å². The number of carbonyl (C=O) groups excluding carboxylic acids is 1. The van der Waals surface area contributed by atoms with Crippen LogP contribution in [0.4, 0.5) is 5.69 Å². The zero-order valence-electron chi connectivity index (χ0n) is 23.4. The van der Waals surface area contributed by atoms with Crippen molar-refractivity contribution in [1.29, 1.82) is 0 Å². The van der Waals surface area contributed by atoms with Gasteiger partial charge in [0.1, 0.15) is 23.9 Å². The Kier molecular flexibility index (Phi) is 7.69. The molecular formula is C34H32N2O4. The van der Waals surface area contributed by atoms with Gasteiger partial charge in [-0.15, -0.1) is 0 Å². The van der Waals surface area contributed by atoms with Crippen LogP contribution in [0.15, 0.2) is 84.9 Å². The number of carbonyl (C=O) groups is 1. The van der Waals surface area contributed by atoms with E-state index in [1.807, 2.05) is 81.4 Å². The second-order valence-corrected chi connectivity index (χ2v) is 9.76. The third-order valence-corrected chi connectivity index (χ3v) is 6.93. The number of nitrogens with zero attached hydrogens (tertiary/aromatic N) is 1. The molecule has 1 N–H and O–H groups in total. The molecule has 0 aliphatic heterocycles. The highest BCUT2D eigenvalue weighted by Gasteiger charge is 2.21. The molecule has 1 aromatic heterocycles. The fourth-order valence-electron chi connectivity index (χ4n) is 4.93. The molecule has 0 fully saturated rings. The zero-order valence-corrected chi connectivity index (χ0v) is 23.4. The molecule has 202 valence electrons. The summed E-state index contributed by atoms with van der Waals surface area (Å²) in [6.45, 7) is 6.48. The molecule has 0 aliphatic rings. The molecule has 1 amide bonds. The molecule has 0 unspecified atom stereocenters. The van der Waals surface area contributed by atoms with Crippen molar-refractivity contribution in [3.05, 3.63) is 113 Å². The Morgan fingerprint density at radius 1 is 0.825 bits per heavy atom. The van der Waals surface area contributed by atoms with Crippen molar-refractivity contribution in [1.82, 2.24) is 4.98 Å². The van der Waals surface area contributed by atoms with Crippen LogP contribution in [0.5, 0.6) is 17.2 Å². The molecule has 0 spiro atoms. The summed E-state index contributed by atoms with van der Waals surface area (Å²) in [4.78, 5) is 19.0. The summed E-state index contributed by atoms with van der Waals surface area (Å²) >= 11 is 0. The second kappa shape index (κ2) is 11.5. The molecule has 6 nitrogen and oxygen atoms in total. The van der Waals surface area contributed by atoms with E-state index in [9.17, 15) is 4.79 Å². The molecule has 6 heteroatoms. The first-order chi connectivity index (χ1) is 19.4. The van der Waals surface area contributed by atoms with E-state index in [0.29, 0.717) is 29.4 Å². The van der Waals surface area contributed by atoms with Gasteiger partial charge in [0.25, 0.3) is 5.91 Å². The summed E-state index contributed by atoms with van der Waals surface area (Å²) in [5.74, 6) is 1.69. The number of anilines is 1. The molecule has 0 bridgehead atoms. The first kappa shape index (κ1) is 26.8. The summed E-state index contributed by atoms with van der Waals surface area (Å²) in [6, 6.07) is 27.3. The number of hydrogen-bond acceptors (Lipinski definition) is 5. The summed E-state index contributed by atoms with van der Waals surface area (Å²) in [5, 5.41) is 3.87. The van der Waals surface area contributed by atoms with Gasteiger partial charge in [-0.3, -0.25) is 4.79 Å². The summed E-state index contributed by atoms with van der Waals surface area (Å²) in [6.07, 6.45) is 0. The van der Waals surface area contributed by atoms with Gasteiger partial charge in [0, 0.05) is 17.0 Å². The van der Waals surface area contributed by atoms with E-state index in [0.717, 1.165) is 50.2 Å². The van der Waals surface area contributed by atoms with Crippen LogP contribution in [0, 0.1) is 20.8 Å². The van der Waals surface area contributed by atoms with Gasteiger partial charge in [0.05, 0.1) is 36.7 Å². The summed E-state index contributed by atoms with van der Waals surface area (Å²) in [7, 11) is 3.16. The SMILES string of the molecule is COc1ccc(NC(=O)c2c(C)c(-c3ccc(OCc4ccccc4)cc3)nc3c(C)cc(C)cc23)c(OC)c1. The van der Waals surface area contributed by atoms with Crippen molar-refractivity contribution in [2.75, 3.05) is 19.5 Å². The van der Waals surface area contributed by atoms with Crippen molar-refractivity contribution in [2.24, 2.45) is 0 Å². The third kappa shape index (κ3) is 5.47. The molecule has 40 heavy (non-hydrogen) atoms. The Morgan fingerprint density at radius 3 is 2.25 bits per heavy atom. The number of benzene rings is 4. The highest BCUT2D eigenvalue weighted by molar-refractivity contribution is 6.15. The fraction of sp³-hybridized carbons (Fsp3) is 0.176. The highest BCUT2D eigenvalue weighted by atomic mass is 16.5. The van der Waals surface area contributed by atoms with Crippen LogP contribution in [0.1, 0.15) is 32.6 Å². The number of amides is 1. The maximum atomic E-state index is 13.9. The van der Waals surface area contributed by atoms with E-state index in [2.05, 4.69) is 11.4 Å². The quantitative estimate of drug-likeness (QED) is 0.222. The van der Waals surface area contributed by atoms with E-state index < -0.39 is 0 Å². The van der Waals surface area contributed by atoms with Gasteiger partial charge in [0.15, 0.2) is 0 Å². The Morgan fingerprint density at radius 2 is 1.55 bits per heavy atom. The van der Waals surface area contributed by atoms with Crippen LogP contribution in [0.25, 0.3) is 22.2 Å².